The van der Waals surface area contributed by atoms with Crippen LogP contribution in [0.15, 0.2) is 8.95 Å². The summed E-state index contributed by atoms with van der Waals surface area (Å²) in [6, 6.07) is 0. The molecule has 0 unspecified atom stereocenters. The van der Waals surface area contributed by atoms with Crippen LogP contribution in [0.1, 0.15) is 22.3 Å². The van der Waals surface area contributed by atoms with E-state index in [1.807, 2.05) is 0 Å². The molecule has 0 nitrogen and oxygen atoms in total. The van der Waals surface area contributed by atoms with E-state index in [2.05, 4.69) is 55.1 Å². The molecule has 0 aliphatic rings. The van der Waals surface area contributed by atoms with Crippen LogP contribution in [0.25, 0.3) is 0 Å². The van der Waals surface area contributed by atoms with E-state index < -0.39 is 0 Å². The van der Waals surface area contributed by atoms with Crippen molar-refractivity contribution in [3.05, 3.63) is 31.2 Å². The van der Waals surface area contributed by atoms with Crippen molar-refractivity contribution in [1.29, 1.82) is 0 Å². The second-order valence-corrected chi connectivity index (χ2v) is 13.1. The number of hydrogen-bond acceptors (Lipinski definition) is 0. The molecule has 0 saturated heterocycles. The van der Waals surface area contributed by atoms with Crippen LogP contribution in [0, 0.1) is 0 Å². The minimum absolute atomic E-state index is 0.697. The van der Waals surface area contributed by atoms with E-state index in [0.717, 1.165) is 0 Å². The Balaban J connectivity index is 3.50. The summed E-state index contributed by atoms with van der Waals surface area (Å²) in [7, 11) is 0. The fourth-order valence-electron chi connectivity index (χ4n) is 2.07. The number of rotatable bonds is 8. The fraction of sp³-hybridized carbons (Fsp3) is 0.571. The molecule has 0 heterocycles. The number of benzene rings is 1. The van der Waals surface area contributed by atoms with Crippen molar-refractivity contribution in [3.8, 4) is 0 Å². The SMILES string of the molecule is C[Se]Cc1c(Br)c(C[Se]C)c(C[Se]C)c(Br)c1C[Se]C. The van der Waals surface area contributed by atoms with Crippen LogP contribution >= 0.6 is 31.9 Å². The van der Waals surface area contributed by atoms with Crippen LogP contribution in [0.3, 0.4) is 0 Å². The van der Waals surface area contributed by atoms with E-state index in [1.54, 1.807) is 22.3 Å². The monoisotopic (exact) mass is 666 g/mol. The molecular weight excluding hydrogens is 644 g/mol. The Hall–Kier alpha value is 2.26. The summed E-state index contributed by atoms with van der Waals surface area (Å²) in [5.74, 6) is 9.39. The summed E-state index contributed by atoms with van der Waals surface area (Å²) < 4.78 is 2.90. The van der Waals surface area contributed by atoms with Gasteiger partial charge in [0.05, 0.1) is 0 Å². The average Bonchev–Trinajstić information content (AvgIpc) is 2.44. The zero-order valence-corrected chi connectivity index (χ0v) is 22.2. The molecule has 6 heteroatoms. The molecule has 0 radical (unpaired) electrons. The molecule has 0 spiro atoms. The van der Waals surface area contributed by atoms with E-state index in [4.69, 9.17) is 0 Å². The molecule has 1 aromatic carbocycles. The van der Waals surface area contributed by atoms with Gasteiger partial charge in [-0.15, -0.1) is 0 Å². The Morgan fingerprint density at radius 1 is 0.550 bits per heavy atom. The minimum atomic E-state index is 0.697. The van der Waals surface area contributed by atoms with Crippen molar-refractivity contribution in [2.45, 2.75) is 44.6 Å². The van der Waals surface area contributed by atoms with Gasteiger partial charge >= 0.3 is 167 Å². The van der Waals surface area contributed by atoms with E-state index in [0.29, 0.717) is 59.8 Å². The van der Waals surface area contributed by atoms with Crippen molar-refractivity contribution in [1.82, 2.24) is 0 Å². The maximum absolute atomic E-state index is 3.97. The van der Waals surface area contributed by atoms with Gasteiger partial charge in [0.1, 0.15) is 0 Å². The fourth-order valence-corrected chi connectivity index (χ4v) is 10.4. The van der Waals surface area contributed by atoms with E-state index in [1.165, 1.54) is 30.2 Å². The third kappa shape index (κ3) is 5.13. The Morgan fingerprint density at radius 3 is 0.900 bits per heavy atom. The van der Waals surface area contributed by atoms with Crippen molar-refractivity contribution >= 4 is 91.7 Å². The quantitative estimate of drug-likeness (QED) is 0.366. The summed E-state index contributed by atoms with van der Waals surface area (Å²) in [5, 5.41) is 5.05. The van der Waals surface area contributed by atoms with Crippen molar-refractivity contribution in [3.63, 3.8) is 0 Å². The topological polar surface area (TPSA) is 0 Å². The van der Waals surface area contributed by atoms with Crippen LogP contribution < -0.4 is 0 Å². The van der Waals surface area contributed by atoms with Gasteiger partial charge in [0.25, 0.3) is 0 Å². The normalized spacial score (nSPS) is 11.1. The summed E-state index contributed by atoms with van der Waals surface area (Å²) in [6.07, 6.45) is 0. The summed E-state index contributed by atoms with van der Waals surface area (Å²) in [6.45, 7) is 0. The Kier molecular flexibility index (Phi) is 11.1. The molecule has 0 bridgehead atoms. The van der Waals surface area contributed by atoms with Gasteiger partial charge in [0, 0.05) is 0 Å². The van der Waals surface area contributed by atoms with Gasteiger partial charge < -0.3 is 0 Å². The van der Waals surface area contributed by atoms with Gasteiger partial charge in [-0.1, -0.05) is 0 Å². The molecule has 0 N–H and O–H groups in total. The zero-order chi connectivity index (χ0) is 15.1. The van der Waals surface area contributed by atoms with Gasteiger partial charge in [-0.05, 0) is 0 Å². The summed E-state index contributed by atoms with van der Waals surface area (Å²) >= 11 is 10.7. The first-order chi connectivity index (χ1) is 9.62. The van der Waals surface area contributed by atoms with Gasteiger partial charge in [0.15, 0.2) is 0 Å². The molecule has 1 aromatic rings. The predicted octanol–water partition coefficient (Wildman–Crippen LogP) is 4.22. The van der Waals surface area contributed by atoms with E-state index >= 15 is 0 Å². The summed E-state index contributed by atoms with van der Waals surface area (Å²) in [4.78, 5) is 0. The third-order valence-corrected chi connectivity index (χ3v) is 9.70. The Labute approximate surface area is 165 Å². The van der Waals surface area contributed by atoms with Crippen LogP contribution in [0.2, 0.25) is 23.3 Å². The molecule has 0 saturated carbocycles. The molecule has 0 aliphatic heterocycles. The summed E-state index contributed by atoms with van der Waals surface area (Å²) in [5.41, 5.74) is 6.42. The molecule has 0 aromatic heterocycles. The molecule has 20 heavy (non-hydrogen) atoms. The van der Waals surface area contributed by atoms with Crippen LogP contribution in [-0.2, 0) is 21.3 Å². The maximum atomic E-state index is 3.97. The molecule has 0 atom stereocenters. The first-order valence-electron chi connectivity index (χ1n) is 6.08. The Bertz CT molecular complexity index is 371. The molecule has 0 amide bonds. The average molecular weight is 664 g/mol. The molecule has 1 rings (SSSR count). The van der Waals surface area contributed by atoms with Crippen molar-refractivity contribution < 1.29 is 0 Å². The molecule has 0 fully saturated rings. The van der Waals surface area contributed by atoms with Crippen molar-refractivity contribution in [2.24, 2.45) is 0 Å². The first kappa shape index (κ1) is 20.3. The van der Waals surface area contributed by atoms with Gasteiger partial charge in [0.2, 0.25) is 0 Å². The van der Waals surface area contributed by atoms with E-state index in [9.17, 15) is 0 Å². The molecule has 0 aliphatic carbocycles. The third-order valence-electron chi connectivity index (χ3n) is 2.94. The molecule has 114 valence electrons. The van der Waals surface area contributed by atoms with Gasteiger partial charge in [-0.3, -0.25) is 0 Å². The van der Waals surface area contributed by atoms with Crippen LogP contribution in [0.5, 0.6) is 0 Å². The van der Waals surface area contributed by atoms with Gasteiger partial charge in [-0.2, -0.15) is 0 Å². The van der Waals surface area contributed by atoms with Crippen molar-refractivity contribution in [2.75, 3.05) is 0 Å². The standard InChI is InChI=1S/C14H20Br2Se4/c1-17-5-9-10(6-18-2)14(16)12(8-20-4)11(7-19-3)13(9)15/h5-8H2,1-4H3. The van der Waals surface area contributed by atoms with Gasteiger partial charge in [-0.25, -0.2) is 0 Å². The zero-order valence-electron chi connectivity index (χ0n) is 12.2. The molecular formula is C14H20Br2Se4. The van der Waals surface area contributed by atoms with Crippen LogP contribution in [-0.4, -0.2) is 59.8 Å². The second-order valence-electron chi connectivity index (χ2n) is 4.27. The van der Waals surface area contributed by atoms with E-state index in [-0.39, 0.29) is 0 Å². The number of hydrogen-bond donors (Lipinski definition) is 0. The predicted molar refractivity (Wildman–Crippen MR) is 103 cm³/mol. The van der Waals surface area contributed by atoms with Crippen LogP contribution in [0.4, 0.5) is 0 Å². The second kappa shape index (κ2) is 10.9. The Morgan fingerprint density at radius 2 is 0.750 bits per heavy atom. The number of halogens is 2. The first-order valence-corrected chi connectivity index (χ1v) is 19.4.